The van der Waals surface area contributed by atoms with E-state index >= 15 is 0 Å². The number of aryl methyl sites for hydroxylation is 1. The third-order valence-electron chi connectivity index (χ3n) is 4.69. The first-order chi connectivity index (χ1) is 10.8. The standard InChI is InChI=1S/C15H23N5O2S/c1-15(14-13(8-17-18-14)23(3,21)22)5-4-6-20(10-15)9-12-7-16-11-19(12)2/h7-8,11H,4-6,9-10H2,1-3H3,(H,17,18)/t15-/m0/s1. The van der Waals surface area contributed by atoms with Gasteiger partial charge in [0.1, 0.15) is 4.90 Å². The van der Waals surface area contributed by atoms with Gasteiger partial charge in [0, 0.05) is 38.0 Å². The van der Waals surface area contributed by atoms with Gasteiger partial charge in [-0.3, -0.25) is 10.00 Å². The second kappa shape index (κ2) is 5.76. The Balaban J connectivity index is 1.85. The Morgan fingerprint density at radius 3 is 2.83 bits per heavy atom. The highest BCUT2D eigenvalue weighted by Crippen LogP contribution is 2.36. The van der Waals surface area contributed by atoms with E-state index in [2.05, 4.69) is 27.0 Å². The lowest BCUT2D eigenvalue weighted by Crippen LogP contribution is -2.44. The van der Waals surface area contributed by atoms with E-state index in [1.165, 1.54) is 12.5 Å². The van der Waals surface area contributed by atoms with Crippen molar-refractivity contribution in [3.8, 4) is 0 Å². The maximum atomic E-state index is 12.0. The number of aromatic nitrogens is 4. The van der Waals surface area contributed by atoms with E-state index in [1.54, 1.807) is 6.33 Å². The zero-order valence-electron chi connectivity index (χ0n) is 13.8. The molecule has 0 spiro atoms. The second-order valence-corrected chi connectivity index (χ2v) is 8.74. The maximum absolute atomic E-state index is 12.0. The molecule has 0 radical (unpaired) electrons. The molecule has 1 aliphatic rings. The molecule has 1 atom stereocenters. The van der Waals surface area contributed by atoms with Gasteiger partial charge in [0.05, 0.1) is 23.9 Å². The summed E-state index contributed by atoms with van der Waals surface area (Å²) < 4.78 is 26.0. The van der Waals surface area contributed by atoms with Gasteiger partial charge in [0.25, 0.3) is 0 Å². The van der Waals surface area contributed by atoms with E-state index in [0.29, 0.717) is 4.90 Å². The first kappa shape index (κ1) is 16.2. The molecule has 1 aliphatic heterocycles. The van der Waals surface area contributed by atoms with Crippen LogP contribution < -0.4 is 0 Å². The van der Waals surface area contributed by atoms with Crippen molar-refractivity contribution >= 4 is 9.84 Å². The first-order valence-electron chi connectivity index (χ1n) is 7.71. The van der Waals surface area contributed by atoms with Crippen LogP contribution in [0.1, 0.15) is 31.2 Å². The third-order valence-corrected chi connectivity index (χ3v) is 5.79. The lowest BCUT2D eigenvalue weighted by atomic mass is 9.79. The van der Waals surface area contributed by atoms with Gasteiger partial charge < -0.3 is 4.57 Å². The summed E-state index contributed by atoms with van der Waals surface area (Å²) in [7, 11) is -1.29. The Morgan fingerprint density at radius 1 is 1.39 bits per heavy atom. The Bertz CT molecular complexity index is 794. The molecule has 2 aromatic heterocycles. The summed E-state index contributed by atoms with van der Waals surface area (Å²) in [5.41, 5.74) is 1.64. The SMILES string of the molecule is Cn1cncc1CN1CCC[C@](C)(c2[nH]ncc2S(C)(=O)=O)C1. The number of piperidine rings is 1. The smallest absolute Gasteiger partial charge is 0.178 e. The normalized spacial score (nSPS) is 23.3. The Kier molecular flexibility index (Phi) is 4.05. The number of H-pyrrole nitrogens is 1. The molecule has 1 saturated heterocycles. The Hall–Kier alpha value is -1.67. The highest BCUT2D eigenvalue weighted by molar-refractivity contribution is 7.90. The summed E-state index contributed by atoms with van der Waals surface area (Å²) in [5, 5.41) is 6.93. The van der Waals surface area contributed by atoms with Crippen molar-refractivity contribution in [1.82, 2.24) is 24.6 Å². The van der Waals surface area contributed by atoms with Crippen molar-refractivity contribution in [2.45, 2.75) is 36.6 Å². The molecule has 1 fully saturated rings. The van der Waals surface area contributed by atoms with Crippen molar-refractivity contribution in [3.63, 3.8) is 0 Å². The van der Waals surface area contributed by atoms with Crippen LogP contribution in [0.4, 0.5) is 0 Å². The number of rotatable bonds is 4. The molecule has 2 aromatic rings. The first-order valence-corrected chi connectivity index (χ1v) is 9.60. The molecule has 3 heterocycles. The van der Waals surface area contributed by atoms with E-state index in [4.69, 9.17) is 0 Å². The Labute approximate surface area is 136 Å². The fraction of sp³-hybridized carbons (Fsp3) is 0.600. The van der Waals surface area contributed by atoms with E-state index in [1.807, 2.05) is 17.8 Å². The van der Waals surface area contributed by atoms with Gasteiger partial charge in [-0.15, -0.1) is 0 Å². The lowest BCUT2D eigenvalue weighted by Gasteiger charge is -2.40. The van der Waals surface area contributed by atoms with Crippen LogP contribution in [0.5, 0.6) is 0 Å². The molecule has 23 heavy (non-hydrogen) atoms. The zero-order valence-corrected chi connectivity index (χ0v) is 14.6. The van der Waals surface area contributed by atoms with E-state index < -0.39 is 9.84 Å². The molecule has 0 aliphatic carbocycles. The molecule has 3 rings (SSSR count). The largest absolute Gasteiger partial charge is 0.337 e. The quantitative estimate of drug-likeness (QED) is 0.903. The van der Waals surface area contributed by atoms with Gasteiger partial charge in [-0.2, -0.15) is 5.10 Å². The fourth-order valence-electron chi connectivity index (χ4n) is 3.44. The minimum Gasteiger partial charge on any atom is -0.337 e. The molecule has 7 nitrogen and oxygen atoms in total. The minimum absolute atomic E-state index is 0.244. The van der Waals surface area contributed by atoms with Gasteiger partial charge >= 0.3 is 0 Å². The zero-order chi connectivity index (χ0) is 16.7. The average Bonchev–Trinajstić information content (AvgIpc) is 3.09. The van der Waals surface area contributed by atoms with Gasteiger partial charge in [-0.1, -0.05) is 6.92 Å². The number of likely N-dealkylation sites (tertiary alicyclic amines) is 1. The van der Waals surface area contributed by atoms with Crippen LogP contribution in [0, 0.1) is 0 Å². The molecular weight excluding hydrogens is 314 g/mol. The van der Waals surface area contributed by atoms with Crippen LogP contribution in [0.3, 0.4) is 0 Å². The maximum Gasteiger partial charge on any atom is 0.178 e. The molecule has 1 N–H and O–H groups in total. The average molecular weight is 337 g/mol. The van der Waals surface area contributed by atoms with Crippen LogP contribution in [0.25, 0.3) is 0 Å². The number of hydrogen-bond donors (Lipinski definition) is 1. The summed E-state index contributed by atoms with van der Waals surface area (Å²) in [5.74, 6) is 0. The molecule has 0 amide bonds. The minimum atomic E-state index is -3.28. The van der Waals surface area contributed by atoms with Crippen molar-refractivity contribution in [1.29, 1.82) is 0 Å². The van der Waals surface area contributed by atoms with Crippen molar-refractivity contribution in [3.05, 3.63) is 30.1 Å². The van der Waals surface area contributed by atoms with Gasteiger partial charge in [-0.05, 0) is 19.4 Å². The van der Waals surface area contributed by atoms with Crippen LogP contribution in [-0.4, -0.2) is 52.4 Å². The molecule has 8 heteroatoms. The van der Waals surface area contributed by atoms with E-state index in [9.17, 15) is 8.42 Å². The van der Waals surface area contributed by atoms with Crippen molar-refractivity contribution < 1.29 is 8.42 Å². The number of hydrogen-bond acceptors (Lipinski definition) is 5. The predicted octanol–water partition coefficient (Wildman–Crippen LogP) is 1.10. The van der Waals surface area contributed by atoms with Crippen molar-refractivity contribution in [2.24, 2.45) is 7.05 Å². The number of aromatic amines is 1. The lowest BCUT2D eigenvalue weighted by molar-refractivity contribution is 0.143. The van der Waals surface area contributed by atoms with Crippen LogP contribution in [0.15, 0.2) is 23.6 Å². The summed E-state index contributed by atoms with van der Waals surface area (Å²) in [6.45, 7) is 4.73. The van der Waals surface area contributed by atoms with E-state index in [-0.39, 0.29) is 5.41 Å². The summed E-state index contributed by atoms with van der Waals surface area (Å²) in [6.07, 6.45) is 8.31. The number of imidazole rings is 1. The molecule has 0 unspecified atom stereocenters. The predicted molar refractivity (Wildman–Crippen MR) is 86.8 cm³/mol. The number of nitrogens with one attached hydrogen (secondary N) is 1. The third kappa shape index (κ3) is 3.18. The number of sulfone groups is 1. The summed E-state index contributed by atoms with van der Waals surface area (Å²) in [4.78, 5) is 6.84. The fourth-order valence-corrected chi connectivity index (χ4v) is 4.35. The topological polar surface area (TPSA) is 83.9 Å². The second-order valence-electron chi connectivity index (χ2n) is 6.75. The Morgan fingerprint density at radius 2 is 2.17 bits per heavy atom. The van der Waals surface area contributed by atoms with Gasteiger partial charge in [0.15, 0.2) is 9.84 Å². The van der Waals surface area contributed by atoms with Crippen LogP contribution in [-0.2, 0) is 28.8 Å². The monoisotopic (exact) mass is 337 g/mol. The summed E-state index contributed by atoms with van der Waals surface area (Å²) in [6, 6.07) is 0. The molecular formula is C15H23N5O2S. The molecule has 0 aromatic carbocycles. The molecule has 126 valence electrons. The molecule has 0 bridgehead atoms. The van der Waals surface area contributed by atoms with Crippen LogP contribution >= 0.6 is 0 Å². The van der Waals surface area contributed by atoms with E-state index in [0.717, 1.165) is 43.9 Å². The highest BCUT2D eigenvalue weighted by Gasteiger charge is 2.37. The number of nitrogens with zero attached hydrogens (tertiary/aromatic N) is 4. The van der Waals surface area contributed by atoms with Crippen LogP contribution in [0.2, 0.25) is 0 Å². The van der Waals surface area contributed by atoms with Gasteiger partial charge in [0.2, 0.25) is 0 Å². The molecule has 0 saturated carbocycles. The summed E-state index contributed by atoms with van der Waals surface area (Å²) >= 11 is 0. The highest BCUT2D eigenvalue weighted by atomic mass is 32.2. The van der Waals surface area contributed by atoms with Crippen molar-refractivity contribution in [2.75, 3.05) is 19.3 Å². The van der Waals surface area contributed by atoms with Gasteiger partial charge in [-0.25, -0.2) is 13.4 Å².